The third-order valence-corrected chi connectivity index (χ3v) is 5.14. The molecule has 6 nitrogen and oxygen atoms in total. The third kappa shape index (κ3) is 4.59. The Morgan fingerprint density at radius 2 is 1.79 bits per heavy atom. The van der Waals surface area contributed by atoms with Crippen LogP contribution in [0.1, 0.15) is 34.7 Å². The lowest BCUT2D eigenvalue weighted by Crippen LogP contribution is -2.31. The lowest BCUT2D eigenvalue weighted by molar-refractivity contribution is -0.141. The zero-order valence-electron chi connectivity index (χ0n) is 17.1. The lowest BCUT2D eigenvalue weighted by atomic mass is 10.0. The maximum atomic E-state index is 12.8. The highest BCUT2D eigenvalue weighted by atomic mass is 16.5. The van der Waals surface area contributed by atoms with Gasteiger partial charge in [-0.3, -0.25) is 9.59 Å². The van der Waals surface area contributed by atoms with Gasteiger partial charge in [-0.25, -0.2) is 0 Å². The fraction of sp³-hybridized carbons (Fsp3) is 0.304. The number of aryl methyl sites for hydroxylation is 2. The molecule has 6 heteroatoms. The fourth-order valence-electron chi connectivity index (χ4n) is 3.28. The van der Waals surface area contributed by atoms with Gasteiger partial charge >= 0.3 is 5.97 Å². The molecule has 1 amide bonds. The molecule has 3 aromatic rings. The summed E-state index contributed by atoms with van der Waals surface area (Å²) < 4.78 is 15.6. The SMILES string of the molecule is COC(=O)CC(NC(=O)Cc1coc2c(C)c(C)ccc12)c1ccc(OC)cc1. The van der Waals surface area contributed by atoms with E-state index in [1.165, 1.54) is 7.11 Å². The molecule has 1 aromatic heterocycles. The number of fused-ring (bicyclic) bond motifs is 1. The quantitative estimate of drug-likeness (QED) is 0.612. The summed E-state index contributed by atoms with van der Waals surface area (Å²) in [6.45, 7) is 4.02. The van der Waals surface area contributed by atoms with Gasteiger partial charge in [-0.15, -0.1) is 0 Å². The van der Waals surface area contributed by atoms with E-state index in [1.807, 2.05) is 38.1 Å². The molecule has 0 aliphatic carbocycles. The van der Waals surface area contributed by atoms with E-state index in [1.54, 1.807) is 25.5 Å². The minimum Gasteiger partial charge on any atom is -0.497 e. The van der Waals surface area contributed by atoms with Crippen LogP contribution in [0.15, 0.2) is 47.1 Å². The Bertz CT molecular complexity index is 1020. The van der Waals surface area contributed by atoms with Crippen LogP contribution in [0.4, 0.5) is 0 Å². The number of methoxy groups -OCH3 is 2. The molecule has 0 fully saturated rings. The summed E-state index contributed by atoms with van der Waals surface area (Å²) in [4.78, 5) is 24.6. The van der Waals surface area contributed by atoms with Crippen LogP contribution in [0.5, 0.6) is 5.75 Å². The summed E-state index contributed by atoms with van der Waals surface area (Å²) in [5.74, 6) is 0.106. The molecule has 3 rings (SSSR count). The normalized spacial score (nSPS) is 11.9. The molecule has 0 spiro atoms. The predicted molar refractivity (Wildman–Crippen MR) is 110 cm³/mol. The fourth-order valence-corrected chi connectivity index (χ4v) is 3.28. The van der Waals surface area contributed by atoms with E-state index < -0.39 is 12.0 Å². The Labute approximate surface area is 169 Å². The molecule has 2 aromatic carbocycles. The van der Waals surface area contributed by atoms with Gasteiger partial charge in [0.05, 0.1) is 39.4 Å². The standard InChI is InChI=1S/C23H25NO5/c1-14-5-10-19-17(13-29-23(19)15(14)2)11-21(25)24-20(12-22(26)28-4)16-6-8-18(27-3)9-7-16/h5-10,13,20H,11-12H2,1-4H3,(H,24,25). The summed E-state index contributed by atoms with van der Waals surface area (Å²) in [6.07, 6.45) is 1.82. The van der Waals surface area contributed by atoms with Gasteiger partial charge in [0.1, 0.15) is 11.3 Å². The summed E-state index contributed by atoms with van der Waals surface area (Å²) in [6, 6.07) is 10.7. The molecule has 1 heterocycles. The Kier molecular flexibility index (Phi) is 6.22. The average molecular weight is 395 g/mol. The van der Waals surface area contributed by atoms with Gasteiger partial charge in [0.25, 0.3) is 0 Å². The minimum absolute atomic E-state index is 0.0407. The molecule has 0 radical (unpaired) electrons. The van der Waals surface area contributed by atoms with Gasteiger partial charge in [-0.05, 0) is 42.7 Å². The van der Waals surface area contributed by atoms with Crippen molar-refractivity contribution in [2.75, 3.05) is 14.2 Å². The molecule has 29 heavy (non-hydrogen) atoms. The van der Waals surface area contributed by atoms with E-state index in [0.717, 1.165) is 33.2 Å². The molecule has 152 valence electrons. The van der Waals surface area contributed by atoms with E-state index in [2.05, 4.69) is 5.32 Å². The molecule has 1 unspecified atom stereocenters. The highest BCUT2D eigenvalue weighted by Gasteiger charge is 2.20. The van der Waals surface area contributed by atoms with Gasteiger partial charge < -0.3 is 19.2 Å². The number of carbonyl (C=O) groups is 2. The van der Waals surface area contributed by atoms with Crippen LogP contribution in [0.2, 0.25) is 0 Å². The Morgan fingerprint density at radius 1 is 1.07 bits per heavy atom. The molecule has 0 saturated carbocycles. The predicted octanol–water partition coefficient (Wildman–Crippen LogP) is 4.02. The molecule has 1 atom stereocenters. The van der Waals surface area contributed by atoms with Gasteiger partial charge in [-0.2, -0.15) is 0 Å². The Balaban J connectivity index is 1.79. The van der Waals surface area contributed by atoms with Crippen molar-refractivity contribution >= 4 is 22.8 Å². The maximum Gasteiger partial charge on any atom is 0.307 e. The summed E-state index contributed by atoms with van der Waals surface area (Å²) in [5.41, 5.74) is 4.62. The van der Waals surface area contributed by atoms with Crippen molar-refractivity contribution in [3.05, 3.63) is 64.9 Å². The number of amides is 1. The van der Waals surface area contributed by atoms with Crippen molar-refractivity contribution in [2.24, 2.45) is 0 Å². The number of nitrogens with one attached hydrogen (secondary N) is 1. The number of carbonyl (C=O) groups excluding carboxylic acids is 2. The molecule has 0 aliphatic rings. The highest BCUT2D eigenvalue weighted by Crippen LogP contribution is 2.27. The minimum atomic E-state index is -0.497. The zero-order valence-corrected chi connectivity index (χ0v) is 17.1. The van der Waals surface area contributed by atoms with Crippen LogP contribution in [0, 0.1) is 13.8 Å². The average Bonchev–Trinajstić information content (AvgIpc) is 3.13. The first-order valence-electron chi connectivity index (χ1n) is 9.39. The van der Waals surface area contributed by atoms with Crippen LogP contribution < -0.4 is 10.1 Å². The smallest absolute Gasteiger partial charge is 0.307 e. The van der Waals surface area contributed by atoms with Gasteiger partial charge in [0.15, 0.2) is 0 Å². The number of hydrogen-bond donors (Lipinski definition) is 1. The Morgan fingerprint density at radius 3 is 2.45 bits per heavy atom. The first-order valence-corrected chi connectivity index (χ1v) is 9.39. The van der Waals surface area contributed by atoms with Gasteiger partial charge in [-0.1, -0.05) is 24.3 Å². The summed E-state index contributed by atoms with van der Waals surface area (Å²) in [5, 5.41) is 3.87. The van der Waals surface area contributed by atoms with Crippen LogP contribution in [-0.2, 0) is 20.7 Å². The molecular weight excluding hydrogens is 370 g/mol. The van der Waals surface area contributed by atoms with E-state index >= 15 is 0 Å². The zero-order chi connectivity index (χ0) is 21.0. The van der Waals surface area contributed by atoms with Gasteiger partial charge in [0.2, 0.25) is 5.91 Å². The van der Waals surface area contributed by atoms with E-state index in [9.17, 15) is 9.59 Å². The van der Waals surface area contributed by atoms with E-state index in [-0.39, 0.29) is 18.7 Å². The number of esters is 1. The van der Waals surface area contributed by atoms with Crippen molar-refractivity contribution in [2.45, 2.75) is 32.7 Å². The molecule has 1 N–H and O–H groups in total. The van der Waals surface area contributed by atoms with Crippen molar-refractivity contribution in [3.8, 4) is 5.75 Å². The highest BCUT2D eigenvalue weighted by molar-refractivity contribution is 5.90. The maximum absolute atomic E-state index is 12.8. The number of rotatable bonds is 7. The first-order chi connectivity index (χ1) is 13.9. The number of furan rings is 1. The summed E-state index contributed by atoms with van der Waals surface area (Å²) >= 11 is 0. The number of ether oxygens (including phenoxy) is 2. The van der Waals surface area contributed by atoms with Crippen LogP contribution in [0.3, 0.4) is 0 Å². The monoisotopic (exact) mass is 395 g/mol. The first kappa shape index (κ1) is 20.5. The molecule has 0 bridgehead atoms. The number of hydrogen-bond acceptors (Lipinski definition) is 5. The second-order valence-corrected chi connectivity index (χ2v) is 7.00. The second-order valence-electron chi connectivity index (χ2n) is 7.00. The third-order valence-electron chi connectivity index (χ3n) is 5.14. The van der Waals surface area contributed by atoms with Crippen molar-refractivity contribution in [3.63, 3.8) is 0 Å². The van der Waals surface area contributed by atoms with Gasteiger partial charge in [0, 0.05) is 10.9 Å². The Hall–Kier alpha value is -3.28. The van der Waals surface area contributed by atoms with E-state index in [0.29, 0.717) is 5.75 Å². The van der Waals surface area contributed by atoms with Crippen molar-refractivity contribution in [1.82, 2.24) is 5.32 Å². The second kappa shape index (κ2) is 8.82. The van der Waals surface area contributed by atoms with Crippen molar-refractivity contribution < 1.29 is 23.5 Å². The molecule has 0 saturated heterocycles. The van der Waals surface area contributed by atoms with Crippen LogP contribution in [0.25, 0.3) is 11.0 Å². The number of benzene rings is 2. The molecular formula is C23H25NO5. The largest absolute Gasteiger partial charge is 0.497 e. The van der Waals surface area contributed by atoms with Crippen molar-refractivity contribution in [1.29, 1.82) is 0 Å². The van der Waals surface area contributed by atoms with Crippen LogP contribution in [-0.4, -0.2) is 26.1 Å². The molecule has 0 aliphatic heterocycles. The van der Waals surface area contributed by atoms with Crippen LogP contribution >= 0.6 is 0 Å². The summed E-state index contributed by atoms with van der Waals surface area (Å²) in [7, 11) is 2.92. The topological polar surface area (TPSA) is 77.8 Å². The van der Waals surface area contributed by atoms with E-state index in [4.69, 9.17) is 13.9 Å². The lowest BCUT2D eigenvalue weighted by Gasteiger charge is -2.18.